The molecule has 0 spiro atoms. The van der Waals surface area contributed by atoms with E-state index in [1.807, 2.05) is 51.1 Å². The zero-order valence-electron chi connectivity index (χ0n) is 51.6. The van der Waals surface area contributed by atoms with Gasteiger partial charge in [0.05, 0.1) is 61.6 Å². The number of aliphatic imine (C=N–C) groups is 1. The number of nitrogens with one attached hydrogen (secondary N) is 3. The number of nitrogens with two attached hydrogens (primary N) is 1. The molecule has 2 fully saturated rings. The Bertz CT molecular complexity index is 2970. The maximum absolute atomic E-state index is 16.4. The van der Waals surface area contributed by atoms with E-state index in [1.165, 1.54) is 20.2 Å². The number of aldehydes is 2. The number of hydrogen-bond acceptors (Lipinski definition) is 16. The largest absolute Gasteiger partial charge is 0.494 e. The molecule has 0 saturated carbocycles. The average Bonchev–Trinajstić information content (AvgIpc) is 1.14. The molecule has 22 nitrogen and oxygen atoms in total. The van der Waals surface area contributed by atoms with Crippen molar-refractivity contribution in [2.24, 2.45) is 10.7 Å². The number of anilines is 3. The van der Waals surface area contributed by atoms with Crippen molar-refractivity contribution in [1.82, 2.24) is 25.0 Å². The van der Waals surface area contributed by atoms with Gasteiger partial charge in [-0.1, -0.05) is 29.1 Å². The number of benzene rings is 3. The molecule has 24 heteroatoms. The maximum atomic E-state index is 16.4. The molecule has 88 heavy (non-hydrogen) atoms. The van der Waals surface area contributed by atoms with Crippen LogP contribution in [0.3, 0.4) is 0 Å². The van der Waals surface area contributed by atoms with Gasteiger partial charge in [0.15, 0.2) is 12.1 Å². The monoisotopic (exact) mass is 1220 g/mol. The Morgan fingerprint density at radius 2 is 1.48 bits per heavy atom. The van der Waals surface area contributed by atoms with E-state index in [2.05, 4.69) is 20.6 Å². The first-order valence-electron chi connectivity index (χ1n) is 30.1. The average molecular weight is 1220 g/mol. The number of carbonyl (C=O) groups excluding carboxylic acids is 6. The van der Waals surface area contributed by atoms with Crippen LogP contribution in [0.25, 0.3) is 0 Å². The van der Waals surface area contributed by atoms with Crippen LogP contribution >= 0.6 is 0 Å². The second kappa shape index (κ2) is 34.5. The minimum Gasteiger partial charge on any atom is -0.494 e. The molecular weight excluding hydrogens is 1140 g/mol. The molecule has 3 heterocycles. The predicted molar refractivity (Wildman–Crippen MR) is 332 cm³/mol. The molecule has 5 N–H and O–H groups in total. The van der Waals surface area contributed by atoms with E-state index in [-0.39, 0.29) is 53.7 Å². The first kappa shape index (κ1) is 69.0. The first-order valence-corrected chi connectivity index (χ1v) is 30.1. The summed E-state index contributed by atoms with van der Waals surface area (Å²) in [5.74, 6) is -1.20. The van der Waals surface area contributed by atoms with E-state index >= 15 is 8.87 Å². The van der Waals surface area contributed by atoms with Crippen LogP contribution in [0.4, 0.5) is 30.7 Å². The lowest BCUT2D eigenvalue weighted by molar-refractivity contribution is -0.132. The minimum absolute atomic E-state index is 0.0316. The first-order chi connectivity index (χ1) is 42.3. The van der Waals surface area contributed by atoms with Gasteiger partial charge in [-0.15, -0.1) is 0 Å². The van der Waals surface area contributed by atoms with E-state index in [4.69, 9.17) is 34.8 Å². The fraction of sp³-hybridized carbons (Fsp3) is 0.516. The topological polar surface area (TPSA) is 264 Å². The summed E-state index contributed by atoms with van der Waals surface area (Å²) in [6.07, 6.45) is 9.12. The van der Waals surface area contributed by atoms with Crippen LogP contribution in [-0.2, 0) is 33.3 Å². The second-order valence-electron chi connectivity index (χ2n) is 22.7. The van der Waals surface area contributed by atoms with E-state index in [0.717, 1.165) is 42.2 Å². The smallest absolute Gasteiger partial charge is 0.410 e. The molecule has 4 aromatic rings. The van der Waals surface area contributed by atoms with Gasteiger partial charge in [-0.05, 0) is 133 Å². The number of unbranched alkanes of at least 4 members (excludes halogenated alkanes) is 3. The number of nitrogens with zero attached hydrogens (tertiary/aromatic N) is 7. The number of amidine groups is 2. The summed E-state index contributed by atoms with van der Waals surface area (Å²) in [6, 6.07) is 18.4. The molecule has 3 aromatic carbocycles. The Balaban J connectivity index is 0.814. The van der Waals surface area contributed by atoms with Crippen molar-refractivity contribution in [3.63, 3.8) is 0 Å². The molecule has 2 saturated heterocycles. The van der Waals surface area contributed by atoms with Crippen LogP contribution in [0.1, 0.15) is 130 Å². The number of piperazine rings is 1. The molecule has 2 aliphatic rings. The second-order valence-corrected chi connectivity index (χ2v) is 22.7. The number of piperidine rings is 1. The zero-order chi connectivity index (χ0) is 63.6. The van der Waals surface area contributed by atoms with E-state index < -0.39 is 46.9 Å². The third-order valence-corrected chi connectivity index (χ3v) is 15.3. The van der Waals surface area contributed by atoms with Crippen LogP contribution in [-0.4, -0.2) is 185 Å². The van der Waals surface area contributed by atoms with E-state index in [9.17, 15) is 28.8 Å². The molecular formula is C64H87F2N11O11. The van der Waals surface area contributed by atoms with Gasteiger partial charge in [0.25, 0.3) is 5.91 Å². The Labute approximate surface area is 514 Å². The number of ether oxygens (including phenoxy) is 5. The third-order valence-electron chi connectivity index (χ3n) is 15.3. The third kappa shape index (κ3) is 20.5. The van der Waals surface area contributed by atoms with Crippen molar-refractivity contribution in [2.75, 3.05) is 115 Å². The molecule has 478 valence electrons. The van der Waals surface area contributed by atoms with Crippen molar-refractivity contribution < 1.29 is 61.3 Å². The Hall–Kier alpha value is -8.09. The number of likely N-dealkylation sites (tertiary alicyclic amines) is 1. The molecule has 2 atom stereocenters. The van der Waals surface area contributed by atoms with Gasteiger partial charge < -0.3 is 64.4 Å². The summed E-state index contributed by atoms with van der Waals surface area (Å²) < 4.78 is 60.7. The van der Waals surface area contributed by atoms with Crippen molar-refractivity contribution in [1.29, 1.82) is 5.41 Å². The predicted octanol–water partition coefficient (Wildman–Crippen LogP) is 8.33. The minimum atomic E-state index is -0.990. The molecule has 4 amide bonds. The van der Waals surface area contributed by atoms with Crippen LogP contribution < -0.4 is 31.1 Å². The number of pyridine rings is 1. The summed E-state index contributed by atoms with van der Waals surface area (Å²) in [6.45, 7) is 12.4. The SMILES string of the molecule is CNC(=O)C(CCC=O)N(C)C(=O)c1cc(F)c(N2CCN(C(=O)CCCOCCOCCOCCCCCCOc3cccc(C(C)N(F)c4cccc(NC5(C(N)=NC(=N)c6ccncc6)CCN(C(=O)OC(C)(C)C)CC5)c4)c3)CC2)cc1C=O. The maximum Gasteiger partial charge on any atom is 0.410 e. The van der Waals surface area contributed by atoms with Crippen molar-refractivity contribution in [2.45, 2.75) is 115 Å². The van der Waals surface area contributed by atoms with Crippen molar-refractivity contribution >= 4 is 65.1 Å². The Kier molecular flexibility index (Phi) is 27.0. The summed E-state index contributed by atoms with van der Waals surface area (Å²) >= 11 is 0. The van der Waals surface area contributed by atoms with Gasteiger partial charge in [0.1, 0.15) is 35.3 Å². The lowest BCUT2D eigenvalue weighted by Gasteiger charge is -2.42. The van der Waals surface area contributed by atoms with Gasteiger partial charge >= 0.3 is 6.09 Å². The molecule has 1 aromatic heterocycles. The van der Waals surface area contributed by atoms with Gasteiger partial charge in [-0.25, -0.2) is 19.3 Å². The fourth-order valence-corrected chi connectivity index (χ4v) is 10.3. The molecule has 0 bridgehead atoms. The normalized spacial score (nSPS) is 15.0. The van der Waals surface area contributed by atoms with Gasteiger partial charge in [0.2, 0.25) is 11.8 Å². The number of rotatable bonds is 33. The number of amides is 4. The van der Waals surface area contributed by atoms with Gasteiger partial charge in [-0.2, -0.15) is 0 Å². The lowest BCUT2D eigenvalue weighted by atomic mass is 9.85. The molecule has 6 rings (SSSR count). The van der Waals surface area contributed by atoms with Gasteiger partial charge in [0, 0.05) is 109 Å². The number of halogens is 2. The summed E-state index contributed by atoms with van der Waals surface area (Å²) in [5, 5.41) is 15.4. The van der Waals surface area contributed by atoms with Crippen molar-refractivity contribution in [3.05, 3.63) is 113 Å². The fourth-order valence-electron chi connectivity index (χ4n) is 10.3. The number of carbonyl (C=O) groups is 6. The highest BCUT2D eigenvalue weighted by molar-refractivity contribution is 6.08. The van der Waals surface area contributed by atoms with E-state index in [0.29, 0.717) is 145 Å². The highest BCUT2D eigenvalue weighted by Crippen LogP contribution is 2.35. The molecule has 0 radical (unpaired) electrons. The highest BCUT2D eigenvalue weighted by Gasteiger charge is 2.41. The van der Waals surface area contributed by atoms with E-state index in [1.54, 1.807) is 64.3 Å². The Morgan fingerprint density at radius 1 is 0.830 bits per heavy atom. The van der Waals surface area contributed by atoms with Crippen LogP contribution in [0, 0.1) is 11.2 Å². The summed E-state index contributed by atoms with van der Waals surface area (Å²) in [4.78, 5) is 89.5. The standard InChI is InChI=1S/C64H87F2N11O11/c1-46(77(66)51-17-12-16-50(43-51)72-64(61(68)71-58(67)47-21-25-70-26-22-47)23-27-76(28-24-64)62(83)88-63(2,3)4)48-15-11-18-52(41-48)87-36-10-8-7-9-34-84-37-39-86-40-38-85-35-14-20-57(80)75-31-29-74(30-32-75)56-42-49(45-79)53(44-54(56)65)60(82)73(6)55(19-13-33-78)59(81)69-5/h11-12,15-18,21-22,25-26,33,41-46,55,72H,7-10,13-14,19-20,23-24,27-32,34-40H2,1-6H3,(H,69,81)(H3,67,68,71). The number of likely N-dealkylation sites (N-methyl/N-ethyl adjacent to an activating group) is 2. The quantitative estimate of drug-likeness (QED) is 0.0115. The summed E-state index contributed by atoms with van der Waals surface area (Å²) in [5.41, 5.74) is 7.19. The van der Waals surface area contributed by atoms with Crippen LogP contribution in [0.2, 0.25) is 0 Å². The lowest BCUT2D eigenvalue weighted by Crippen LogP contribution is -2.58. The van der Waals surface area contributed by atoms with Gasteiger partial charge in [-0.3, -0.25) is 29.6 Å². The van der Waals surface area contributed by atoms with Crippen molar-refractivity contribution in [3.8, 4) is 5.75 Å². The molecule has 2 aliphatic heterocycles. The Morgan fingerprint density at radius 3 is 2.12 bits per heavy atom. The summed E-state index contributed by atoms with van der Waals surface area (Å²) in [7, 11) is 2.77. The zero-order valence-corrected chi connectivity index (χ0v) is 51.6. The highest BCUT2D eigenvalue weighted by atomic mass is 19.2. The van der Waals surface area contributed by atoms with Crippen LogP contribution in [0.5, 0.6) is 5.75 Å². The molecule has 0 aliphatic carbocycles. The van der Waals surface area contributed by atoms with Crippen LogP contribution in [0.15, 0.2) is 90.2 Å². The number of hydrogen-bond donors (Lipinski definition) is 4. The number of aromatic nitrogens is 1. The molecule has 2 unspecified atom stereocenters.